The van der Waals surface area contributed by atoms with Crippen LogP contribution in [-0.2, 0) is 9.47 Å². The van der Waals surface area contributed by atoms with Crippen LogP contribution in [0.2, 0.25) is 0 Å². The standard InChI is InChI=1S/C20H26N2O3/c1-19(2,3)25-18(23)15-8-9-21-17-7-6-14(12-16(15)17)22-10-11-24-13-20(22,4)5/h6-9,12H,10-11,13H2,1-5H3. The summed E-state index contributed by atoms with van der Waals surface area (Å²) < 4.78 is 11.2. The average molecular weight is 342 g/mol. The first-order chi connectivity index (χ1) is 11.7. The number of morpholine rings is 1. The number of rotatable bonds is 2. The first kappa shape index (κ1) is 17.7. The molecule has 1 aromatic heterocycles. The number of pyridine rings is 1. The molecular formula is C20H26N2O3. The summed E-state index contributed by atoms with van der Waals surface area (Å²) >= 11 is 0. The first-order valence-electron chi connectivity index (χ1n) is 8.65. The molecule has 0 aliphatic carbocycles. The number of ether oxygens (including phenoxy) is 2. The quantitative estimate of drug-likeness (QED) is 0.777. The highest BCUT2D eigenvalue weighted by Gasteiger charge is 2.31. The van der Waals surface area contributed by atoms with E-state index in [1.165, 1.54) is 0 Å². The van der Waals surface area contributed by atoms with E-state index in [4.69, 9.17) is 9.47 Å². The van der Waals surface area contributed by atoms with Gasteiger partial charge in [-0.1, -0.05) is 0 Å². The number of fused-ring (bicyclic) bond motifs is 1. The van der Waals surface area contributed by atoms with Crippen LogP contribution in [0.5, 0.6) is 0 Å². The zero-order valence-corrected chi connectivity index (χ0v) is 15.6. The third-order valence-electron chi connectivity index (χ3n) is 4.30. The monoisotopic (exact) mass is 342 g/mol. The lowest BCUT2D eigenvalue weighted by atomic mass is 10.00. The van der Waals surface area contributed by atoms with Gasteiger partial charge in [0.1, 0.15) is 5.60 Å². The van der Waals surface area contributed by atoms with Gasteiger partial charge in [-0.3, -0.25) is 4.98 Å². The van der Waals surface area contributed by atoms with Crippen LogP contribution >= 0.6 is 0 Å². The largest absolute Gasteiger partial charge is 0.456 e. The van der Waals surface area contributed by atoms with Crippen LogP contribution in [0.25, 0.3) is 10.9 Å². The highest BCUT2D eigenvalue weighted by atomic mass is 16.6. The molecular weight excluding hydrogens is 316 g/mol. The van der Waals surface area contributed by atoms with Crippen LogP contribution in [0.4, 0.5) is 5.69 Å². The Morgan fingerprint density at radius 1 is 1.28 bits per heavy atom. The van der Waals surface area contributed by atoms with E-state index < -0.39 is 5.60 Å². The van der Waals surface area contributed by atoms with E-state index in [1.807, 2.05) is 32.9 Å². The minimum absolute atomic E-state index is 0.0970. The number of hydrogen-bond donors (Lipinski definition) is 0. The fraction of sp³-hybridized carbons (Fsp3) is 0.500. The predicted octanol–water partition coefficient (Wildman–Crippen LogP) is 3.81. The molecule has 0 N–H and O–H groups in total. The molecule has 0 bridgehead atoms. The van der Waals surface area contributed by atoms with Crippen LogP contribution < -0.4 is 4.90 Å². The Labute approximate surface area is 148 Å². The maximum absolute atomic E-state index is 12.6. The molecule has 1 saturated heterocycles. The maximum Gasteiger partial charge on any atom is 0.339 e. The van der Waals surface area contributed by atoms with E-state index >= 15 is 0 Å². The van der Waals surface area contributed by atoms with Gasteiger partial charge in [-0.25, -0.2) is 4.79 Å². The molecule has 1 aromatic carbocycles. The average Bonchev–Trinajstić information content (AvgIpc) is 2.51. The Morgan fingerprint density at radius 2 is 2.04 bits per heavy atom. The lowest BCUT2D eigenvalue weighted by Crippen LogP contribution is -2.53. The Kier molecular flexibility index (Phi) is 4.45. The summed E-state index contributed by atoms with van der Waals surface area (Å²) in [4.78, 5) is 19.3. The van der Waals surface area contributed by atoms with E-state index in [1.54, 1.807) is 12.3 Å². The zero-order chi connectivity index (χ0) is 18.2. The molecule has 1 aliphatic rings. The van der Waals surface area contributed by atoms with Crippen molar-refractivity contribution >= 4 is 22.6 Å². The molecule has 5 heteroatoms. The second kappa shape index (κ2) is 6.30. The number of nitrogens with zero attached hydrogens (tertiary/aromatic N) is 2. The van der Waals surface area contributed by atoms with Gasteiger partial charge in [0.2, 0.25) is 0 Å². The van der Waals surface area contributed by atoms with Gasteiger partial charge in [-0.05, 0) is 58.9 Å². The lowest BCUT2D eigenvalue weighted by molar-refractivity contribution is 0.00718. The van der Waals surface area contributed by atoms with Gasteiger partial charge in [0.05, 0.1) is 29.8 Å². The molecule has 25 heavy (non-hydrogen) atoms. The van der Waals surface area contributed by atoms with Crippen molar-refractivity contribution in [1.82, 2.24) is 4.98 Å². The molecule has 0 unspecified atom stereocenters. The fourth-order valence-electron chi connectivity index (χ4n) is 3.15. The molecule has 0 saturated carbocycles. The predicted molar refractivity (Wildman–Crippen MR) is 99.2 cm³/mol. The molecule has 1 fully saturated rings. The zero-order valence-electron chi connectivity index (χ0n) is 15.6. The fourth-order valence-corrected chi connectivity index (χ4v) is 3.15. The summed E-state index contributed by atoms with van der Waals surface area (Å²) in [6.07, 6.45) is 1.65. The van der Waals surface area contributed by atoms with E-state index in [0.29, 0.717) is 18.8 Å². The lowest BCUT2D eigenvalue weighted by Gasteiger charge is -2.43. The van der Waals surface area contributed by atoms with Gasteiger partial charge in [0, 0.05) is 23.8 Å². The number of benzene rings is 1. The molecule has 2 heterocycles. The minimum Gasteiger partial charge on any atom is -0.456 e. The Bertz CT molecular complexity index is 793. The molecule has 0 atom stereocenters. The molecule has 134 valence electrons. The van der Waals surface area contributed by atoms with Crippen molar-refractivity contribution in [2.24, 2.45) is 0 Å². The van der Waals surface area contributed by atoms with Crippen molar-refractivity contribution in [1.29, 1.82) is 0 Å². The second-order valence-corrected chi connectivity index (χ2v) is 8.08. The van der Waals surface area contributed by atoms with Crippen molar-refractivity contribution in [3.8, 4) is 0 Å². The number of aromatic nitrogens is 1. The number of esters is 1. The summed E-state index contributed by atoms with van der Waals surface area (Å²) in [6, 6.07) is 7.78. The normalized spacial score (nSPS) is 17.6. The van der Waals surface area contributed by atoms with Gasteiger partial charge >= 0.3 is 5.97 Å². The minimum atomic E-state index is -0.531. The molecule has 3 rings (SSSR count). The number of anilines is 1. The summed E-state index contributed by atoms with van der Waals surface area (Å²) in [7, 11) is 0. The van der Waals surface area contributed by atoms with Crippen LogP contribution in [0.15, 0.2) is 30.5 Å². The number of carbonyl (C=O) groups is 1. The molecule has 1 aliphatic heterocycles. The van der Waals surface area contributed by atoms with Gasteiger partial charge in [0.25, 0.3) is 0 Å². The molecule has 0 amide bonds. The molecule has 0 radical (unpaired) electrons. The van der Waals surface area contributed by atoms with Gasteiger partial charge in [0.15, 0.2) is 0 Å². The van der Waals surface area contributed by atoms with Crippen molar-refractivity contribution in [2.45, 2.75) is 45.8 Å². The van der Waals surface area contributed by atoms with Crippen molar-refractivity contribution in [3.05, 3.63) is 36.0 Å². The van der Waals surface area contributed by atoms with Crippen LogP contribution in [0, 0.1) is 0 Å². The second-order valence-electron chi connectivity index (χ2n) is 8.08. The summed E-state index contributed by atoms with van der Waals surface area (Å²) in [5, 5.41) is 0.816. The van der Waals surface area contributed by atoms with E-state index in [-0.39, 0.29) is 11.5 Å². The van der Waals surface area contributed by atoms with Crippen molar-refractivity contribution < 1.29 is 14.3 Å². The summed E-state index contributed by atoms with van der Waals surface area (Å²) in [6.45, 7) is 12.1. The molecule has 5 nitrogen and oxygen atoms in total. The van der Waals surface area contributed by atoms with Gasteiger partial charge < -0.3 is 14.4 Å². The highest BCUT2D eigenvalue weighted by molar-refractivity contribution is 6.04. The molecule has 2 aromatic rings. The van der Waals surface area contributed by atoms with Crippen LogP contribution in [0.1, 0.15) is 45.0 Å². The Hall–Kier alpha value is -2.14. The van der Waals surface area contributed by atoms with E-state index in [2.05, 4.69) is 29.8 Å². The third-order valence-corrected chi connectivity index (χ3v) is 4.30. The smallest absolute Gasteiger partial charge is 0.339 e. The van der Waals surface area contributed by atoms with Gasteiger partial charge in [-0.2, -0.15) is 0 Å². The van der Waals surface area contributed by atoms with Crippen molar-refractivity contribution in [2.75, 3.05) is 24.7 Å². The highest BCUT2D eigenvalue weighted by Crippen LogP contribution is 2.30. The Morgan fingerprint density at radius 3 is 2.72 bits per heavy atom. The first-order valence-corrected chi connectivity index (χ1v) is 8.65. The van der Waals surface area contributed by atoms with E-state index in [9.17, 15) is 4.79 Å². The Balaban J connectivity index is 2.04. The molecule has 0 spiro atoms. The SMILES string of the molecule is CC(C)(C)OC(=O)c1ccnc2ccc(N3CCOCC3(C)C)cc12. The summed E-state index contributed by atoms with van der Waals surface area (Å²) in [5.41, 5.74) is 1.78. The van der Waals surface area contributed by atoms with E-state index in [0.717, 1.165) is 23.1 Å². The third kappa shape index (κ3) is 3.76. The summed E-state index contributed by atoms with van der Waals surface area (Å²) in [5.74, 6) is -0.321. The number of hydrogen-bond acceptors (Lipinski definition) is 5. The van der Waals surface area contributed by atoms with Crippen molar-refractivity contribution in [3.63, 3.8) is 0 Å². The van der Waals surface area contributed by atoms with Crippen LogP contribution in [0.3, 0.4) is 0 Å². The maximum atomic E-state index is 12.6. The topological polar surface area (TPSA) is 51.7 Å². The van der Waals surface area contributed by atoms with Gasteiger partial charge in [-0.15, -0.1) is 0 Å². The van der Waals surface area contributed by atoms with Crippen LogP contribution in [-0.4, -0.2) is 41.9 Å². The number of carbonyl (C=O) groups excluding carboxylic acids is 1.